The predicted octanol–water partition coefficient (Wildman–Crippen LogP) is 3.95. The summed E-state index contributed by atoms with van der Waals surface area (Å²) in [6.07, 6.45) is -3.31. The molecular weight excluding hydrogens is 495 g/mol. The van der Waals surface area contributed by atoms with E-state index in [4.69, 9.17) is 11.6 Å². The molecule has 0 spiro atoms. The van der Waals surface area contributed by atoms with Crippen LogP contribution in [0.1, 0.15) is 25.3 Å². The maximum absolute atomic E-state index is 12.9. The van der Waals surface area contributed by atoms with Crippen molar-refractivity contribution in [3.63, 3.8) is 0 Å². The fourth-order valence-corrected chi connectivity index (χ4v) is 4.91. The monoisotopic (exact) mass is 513 g/mol. The van der Waals surface area contributed by atoms with Crippen molar-refractivity contribution in [3.05, 3.63) is 53.1 Å². The summed E-state index contributed by atoms with van der Waals surface area (Å²) in [6.45, 7) is 2.18. The van der Waals surface area contributed by atoms with Gasteiger partial charge in [-0.15, -0.1) is 0 Å². The third-order valence-electron chi connectivity index (χ3n) is 4.01. The minimum Gasteiger partial charge on any atom is -0.337 e. The van der Waals surface area contributed by atoms with Crippen LogP contribution in [0.3, 0.4) is 0 Å². The molecule has 2 amide bonds. The Hall–Kier alpha value is -2.51. The van der Waals surface area contributed by atoms with Crippen molar-refractivity contribution < 1.29 is 34.8 Å². The van der Waals surface area contributed by atoms with Crippen molar-refractivity contribution in [1.82, 2.24) is 10.0 Å². The summed E-state index contributed by atoms with van der Waals surface area (Å²) in [7, 11) is -8.74. The molecule has 0 fully saturated rings. The molecule has 0 saturated carbocycles. The lowest BCUT2D eigenvalue weighted by atomic mass is 10.2. The van der Waals surface area contributed by atoms with E-state index in [0.717, 1.165) is 36.8 Å². The van der Waals surface area contributed by atoms with Crippen molar-refractivity contribution >= 4 is 43.4 Å². The summed E-state index contributed by atoms with van der Waals surface area (Å²) in [6, 6.07) is 5.12. The van der Waals surface area contributed by atoms with E-state index in [9.17, 15) is 34.8 Å². The average molecular weight is 514 g/mol. The lowest BCUT2D eigenvalue weighted by Crippen LogP contribution is -2.39. The van der Waals surface area contributed by atoms with Crippen LogP contribution < -0.4 is 14.8 Å². The van der Waals surface area contributed by atoms with Gasteiger partial charge in [-0.3, -0.25) is 4.72 Å². The van der Waals surface area contributed by atoms with Crippen LogP contribution in [-0.2, 0) is 26.2 Å². The highest BCUT2D eigenvalue weighted by Crippen LogP contribution is 2.34. The molecule has 8 nitrogen and oxygen atoms in total. The molecule has 3 N–H and O–H groups in total. The van der Waals surface area contributed by atoms with Crippen LogP contribution in [-0.4, -0.2) is 29.4 Å². The zero-order chi connectivity index (χ0) is 24.2. The van der Waals surface area contributed by atoms with E-state index >= 15 is 0 Å². The third-order valence-corrected chi connectivity index (χ3v) is 7.22. The summed E-state index contributed by atoms with van der Waals surface area (Å²) in [5.74, 6) is 0. The Morgan fingerprint density at radius 3 is 2.19 bits per heavy atom. The van der Waals surface area contributed by atoms with Crippen LogP contribution in [0.5, 0.6) is 0 Å². The van der Waals surface area contributed by atoms with Gasteiger partial charge in [-0.1, -0.05) is 24.9 Å². The van der Waals surface area contributed by atoms with Gasteiger partial charge in [-0.2, -0.15) is 13.2 Å². The molecule has 0 aliphatic carbocycles. The molecule has 0 unspecified atom stereocenters. The van der Waals surface area contributed by atoms with E-state index in [0.29, 0.717) is 18.6 Å². The van der Waals surface area contributed by atoms with Crippen LogP contribution >= 0.6 is 11.6 Å². The first kappa shape index (κ1) is 25.7. The smallest absolute Gasteiger partial charge is 0.337 e. The number of hydrogen-bond donors (Lipinski definition) is 3. The fourth-order valence-electron chi connectivity index (χ4n) is 2.39. The Morgan fingerprint density at radius 1 is 1.00 bits per heavy atom. The maximum atomic E-state index is 12.9. The lowest BCUT2D eigenvalue weighted by molar-refractivity contribution is -0.137. The van der Waals surface area contributed by atoms with E-state index < -0.39 is 47.7 Å². The van der Waals surface area contributed by atoms with E-state index in [2.05, 4.69) is 5.32 Å². The standard InChI is InChI=1S/C18H19ClF3N3O5S2/c1-2-3-10-23-17(26)25-31(27,28)14-7-5-13(6-8-14)24-32(29,30)16-11-12(18(20,21)22)4-9-15(16)19/h4-9,11,24H,2-3,10H2,1H3,(H2,23,25,26). The molecule has 0 saturated heterocycles. The number of sulfonamides is 2. The van der Waals surface area contributed by atoms with Crippen LogP contribution in [0.25, 0.3) is 0 Å². The Bertz CT molecular complexity index is 1190. The quantitative estimate of drug-likeness (QED) is 0.461. The van der Waals surface area contributed by atoms with Gasteiger partial charge in [0.2, 0.25) is 0 Å². The lowest BCUT2D eigenvalue weighted by Gasteiger charge is -2.13. The van der Waals surface area contributed by atoms with E-state index in [1.165, 1.54) is 0 Å². The number of nitrogens with one attached hydrogen (secondary N) is 3. The van der Waals surface area contributed by atoms with Gasteiger partial charge in [0.05, 0.1) is 15.5 Å². The largest absolute Gasteiger partial charge is 0.416 e. The molecule has 0 aromatic heterocycles. The highest BCUT2D eigenvalue weighted by atomic mass is 35.5. The van der Waals surface area contributed by atoms with Crippen LogP contribution in [0.15, 0.2) is 52.3 Å². The van der Waals surface area contributed by atoms with Crippen molar-refractivity contribution in [1.29, 1.82) is 0 Å². The van der Waals surface area contributed by atoms with Crippen molar-refractivity contribution in [2.24, 2.45) is 0 Å². The molecule has 176 valence electrons. The third kappa shape index (κ3) is 6.74. The van der Waals surface area contributed by atoms with Gasteiger partial charge in [0.15, 0.2) is 0 Å². The number of alkyl halides is 3. The predicted molar refractivity (Wildman–Crippen MR) is 112 cm³/mol. The molecule has 0 heterocycles. The first-order valence-electron chi connectivity index (χ1n) is 9.06. The zero-order valence-electron chi connectivity index (χ0n) is 16.5. The normalized spacial score (nSPS) is 12.3. The second-order valence-corrected chi connectivity index (χ2v) is 10.2. The minimum absolute atomic E-state index is 0.134. The van der Waals surface area contributed by atoms with Crippen LogP contribution in [0.2, 0.25) is 5.02 Å². The molecule has 2 aromatic rings. The van der Waals surface area contributed by atoms with Crippen molar-refractivity contribution in [2.45, 2.75) is 35.7 Å². The number of amides is 2. The van der Waals surface area contributed by atoms with Gasteiger partial charge in [-0.25, -0.2) is 26.4 Å². The van der Waals surface area contributed by atoms with Crippen molar-refractivity contribution in [3.8, 4) is 0 Å². The van der Waals surface area contributed by atoms with Gasteiger partial charge in [0, 0.05) is 12.2 Å². The van der Waals surface area contributed by atoms with Crippen LogP contribution in [0, 0.1) is 0 Å². The highest BCUT2D eigenvalue weighted by molar-refractivity contribution is 7.92. The average Bonchev–Trinajstić information content (AvgIpc) is 2.67. The second kappa shape index (κ2) is 9.96. The molecule has 14 heteroatoms. The molecule has 0 aliphatic heterocycles. The Balaban J connectivity index is 2.19. The van der Waals surface area contributed by atoms with Gasteiger partial charge in [0.1, 0.15) is 4.90 Å². The molecule has 2 rings (SSSR count). The maximum Gasteiger partial charge on any atom is 0.416 e. The summed E-state index contributed by atoms with van der Waals surface area (Å²) in [4.78, 5) is 10.5. The number of rotatable bonds is 8. The van der Waals surface area contributed by atoms with Crippen LogP contribution in [0.4, 0.5) is 23.7 Å². The molecule has 32 heavy (non-hydrogen) atoms. The van der Waals surface area contributed by atoms with Gasteiger partial charge < -0.3 is 5.32 Å². The Labute approximate surface area is 188 Å². The van der Waals surface area contributed by atoms with E-state index in [1.807, 2.05) is 16.4 Å². The molecule has 0 atom stereocenters. The minimum atomic E-state index is -4.78. The topological polar surface area (TPSA) is 121 Å². The van der Waals surface area contributed by atoms with E-state index in [1.54, 1.807) is 0 Å². The SMILES string of the molecule is CCCCNC(=O)NS(=O)(=O)c1ccc(NS(=O)(=O)c2cc(C(F)(F)F)ccc2Cl)cc1. The van der Waals surface area contributed by atoms with Gasteiger partial charge >= 0.3 is 12.2 Å². The fraction of sp³-hybridized carbons (Fsp3) is 0.278. The number of urea groups is 1. The number of anilines is 1. The molecular formula is C18H19ClF3N3O5S2. The number of carbonyl (C=O) groups excluding carboxylic acids is 1. The number of carbonyl (C=O) groups is 1. The molecule has 0 aliphatic rings. The highest BCUT2D eigenvalue weighted by Gasteiger charge is 2.32. The van der Waals surface area contributed by atoms with E-state index in [-0.39, 0.29) is 17.1 Å². The summed E-state index contributed by atoms with van der Waals surface area (Å²) >= 11 is 5.76. The Morgan fingerprint density at radius 2 is 1.62 bits per heavy atom. The summed E-state index contributed by atoms with van der Waals surface area (Å²) in [5.41, 5.74) is -1.34. The Kier molecular flexibility index (Phi) is 8.02. The molecule has 0 bridgehead atoms. The molecule has 0 radical (unpaired) electrons. The summed E-state index contributed by atoms with van der Waals surface area (Å²) in [5, 5.41) is 1.95. The zero-order valence-corrected chi connectivity index (χ0v) is 18.9. The number of hydrogen-bond acceptors (Lipinski definition) is 5. The molecule has 2 aromatic carbocycles. The summed E-state index contributed by atoms with van der Waals surface area (Å²) < 4.78 is 92.0. The van der Waals surface area contributed by atoms with Gasteiger partial charge in [0.25, 0.3) is 20.0 Å². The first-order chi connectivity index (χ1) is 14.8. The first-order valence-corrected chi connectivity index (χ1v) is 12.4. The number of halogens is 4. The van der Waals surface area contributed by atoms with Gasteiger partial charge in [-0.05, 0) is 48.9 Å². The number of benzene rings is 2. The second-order valence-electron chi connectivity index (χ2n) is 6.49. The van der Waals surface area contributed by atoms with Crippen molar-refractivity contribution in [2.75, 3.05) is 11.3 Å². The number of unbranched alkanes of at least 4 members (excludes halogenated alkanes) is 1.